The monoisotopic (exact) mass is 314 g/mol. The maximum Gasteiger partial charge on any atom is 0.416 e. The van der Waals surface area contributed by atoms with E-state index in [0.29, 0.717) is 5.82 Å². The van der Waals surface area contributed by atoms with Gasteiger partial charge in [0.05, 0.1) is 5.56 Å². The molecule has 1 aromatic heterocycles. The van der Waals surface area contributed by atoms with E-state index >= 15 is 0 Å². The Morgan fingerprint density at radius 1 is 1.14 bits per heavy atom. The zero-order valence-electron chi connectivity index (χ0n) is 10.7. The third-order valence-corrected chi connectivity index (χ3v) is 3.21. The molecule has 21 heavy (non-hydrogen) atoms. The molecule has 3 rings (SSSR count). The van der Waals surface area contributed by atoms with Crippen LogP contribution in [0.15, 0.2) is 30.3 Å². The Balaban J connectivity index is 1.86. The van der Waals surface area contributed by atoms with Crippen LogP contribution in [0.1, 0.15) is 30.1 Å². The molecule has 2 aromatic rings. The molecule has 0 aliphatic heterocycles. The van der Waals surface area contributed by atoms with E-state index in [1.54, 1.807) is 0 Å². The fraction of sp³-hybridized carbons (Fsp3) is 0.286. The number of aromatic nitrogens is 2. The minimum absolute atomic E-state index is 0.0568. The molecule has 1 aromatic carbocycles. The maximum atomic E-state index is 12.6. The first-order chi connectivity index (χ1) is 9.91. The molecular formula is C14H10ClF3N2O. The fourth-order valence-electron chi connectivity index (χ4n) is 1.85. The van der Waals surface area contributed by atoms with E-state index in [2.05, 4.69) is 9.97 Å². The molecule has 0 bridgehead atoms. The van der Waals surface area contributed by atoms with E-state index in [9.17, 15) is 13.2 Å². The summed E-state index contributed by atoms with van der Waals surface area (Å²) in [5.41, 5.74) is -0.775. The third kappa shape index (κ3) is 3.44. The van der Waals surface area contributed by atoms with Crippen LogP contribution in [0.3, 0.4) is 0 Å². The molecule has 0 saturated heterocycles. The van der Waals surface area contributed by atoms with Crippen molar-refractivity contribution in [1.82, 2.24) is 9.97 Å². The van der Waals surface area contributed by atoms with Crippen molar-refractivity contribution >= 4 is 11.6 Å². The average Bonchev–Trinajstić information content (AvgIpc) is 3.21. The summed E-state index contributed by atoms with van der Waals surface area (Å²) in [4.78, 5) is 8.27. The first-order valence-electron chi connectivity index (χ1n) is 6.31. The SMILES string of the molecule is FC(F)(F)c1cccc(Oc2cc(Cl)nc(C3CC3)n2)c1. The van der Waals surface area contributed by atoms with Crippen molar-refractivity contribution < 1.29 is 17.9 Å². The van der Waals surface area contributed by atoms with E-state index < -0.39 is 11.7 Å². The standard InChI is InChI=1S/C14H10ClF3N2O/c15-11-7-12(20-13(19-11)8-4-5-8)21-10-3-1-2-9(6-10)14(16,17)18/h1-3,6-8H,4-5H2. The minimum Gasteiger partial charge on any atom is -0.439 e. The Labute approximate surface area is 123 Å². The topological polar surface area (TPSA) is 35.0 Å². The van der Waals surface area contributed by atoms with Crippen LogP contribution in [0.2, 0.25) is 5.15 Å². The number of hydrogen-bond acceptors (Lipinski definition) is 3. The largest absolute Gasteiger partial charge is 0.439 e. The third-order valence-electron chi connectivity index (χ3n) is 3.01. The molecule has 0 spiro atoms. The zero-order valence-corrected chi connectivity index (χ0v) is 11.4. The second kappa shape index (κ2) is 5.18. The molecule has 0 amide bonds. The molecule has 7 heteroatoms. The van der Waals surface area contributed by atoms with Gasteiger partial charge in [-0.3, -0.25) is 0 Å². The number of hydrogen-bond donors (Lipinski definition) is 0. The van der Waals surface area contributed by atoms with Crippen molar-refractivity contribution in [2.75, 3.05) is 0 Å². The number of benzene rings is 1. The van der Waals surface area contributed by atoms with Gasteiger partial charge in [0, 0.05) is 12.0 Å². The lowest BCUT2D eigenvalue weighted by Gasteiger charge is -2.10. The molecule has 1 aliphatic carbocycles. The molecule has 0 unspecified atom stereocenters. The average molecular weight is 315 g/mol. The van der Waals surface area contributed by atoms with E-state index in [4.69, 9.17) is 16.3 Å². The number of rotatable bonds is 3. The summed E-state index contributed by atoms with van der Waals surface area (Å²) in [7, 11) is 0. The predicted octanol–water partition coefficient (Wildman–Crippen LogP) is 4.82. The predicted molar refractivity (Wildman–Crippen MR) is 70.5 cm³/mol. The highest BCUT2D eigenvalue weighted by molar-refractivity contribution is 6.29. The van der Waals surface area contributed by atoms with Gasteiger partial charge in [-0.2, -0.15) is 18.2 Å². The molecular weight excluding hydrogens is 305 g/mol. The van der Waals surface area contributed by atoms with E-state index in [1.165, 1.54) is 18.2 Å². The van der Waals surface area contributed by atoms with Crippen LogP contribution in [0.5, 0.6) is 11.6 Å². The van der Waals surface area contributed by atoms with E-state index in [0.717, 1.165) is 25.0 Å². The van der Waals surface area contributed by atoms with Crippen molar-refractivity contribution in [2.24, 2.45) is 0 Å². The van der Waals surface area contributed by atoms with Crippen LogP contribution in [0.4, 0.5) is 13.2 Å². The highest BCUT2D eigenvalue weighted by atomic mass is 35.5. The highest BCUT2D eigenvalue weighted by Gasteiger charge is 2.31. The number of halogens is 4. The Kier molecular flexibility index (Phi) is 3.49. The van der Waals surface area contributed by atoms with Crippen molar-refractivity contribution in [3.8, 4) is 11.6 Å². The molecule has 1 aliphatic rings. The Morgan fingerprint density at radius 3 is 2.57 bits per heavy atom. The van der Waals surface area contributed by atoms with Crippen molar-refractivity contribution in [3.63, 3.8) is 0 Å². The summed E-state index contributed by atoms with van der Waals surface area (Å²) in [6.45, 7) is 0. The van der Waals surface area contributed by atoms with Gasteiger partial charge in [0.2, 0.25) is 5.88 Å². The fourth-order valence-corrected chi connectivity index (χ4v) is 2.03. The molecule has 1 fully saturated rings. The molecule has 3 nitrogen and oxygen atoms in total. The summed E-state index contributed by atoms with van der Waals surface area (Å²) >= 11 is 5.88. The van der Waals surface area contributed by atoms with Crippen LogP contribution in [0.25, 0.3) is 0 Å². The summed E-state index contributed by atoms with van der Waals surface area (Å²) in [5.74, 6) is 1.05. The molecule has 0 atom stereocenters. The van der Waals surface area contributed by atoms with E-state index in [1.807, 2.05) is 0 Å². The van der Waals surface area contributed by atoms with Gasteiger partial charge in [-0.1, -0.05) is 17.7 Å². The summed E-state index contributed by atoms with van der Waals surface area (Å²) in [5, 5.41) is 0.217. The normalized spacial score (nSPS) is 15.0. The number of nitrogens with zero attached hydrogens (tertiary/aromatic N) is 2. The Morgan fingerprint density at radius 2 is 1.90 bits per heavy atom. The lowest BCUT2D eigenvalue weighted by atomic mass is 10.2. The highest BCUT2D eigenvalue weighted by Crippen LogP contribution is 2.39. The van der Waals surface area contributed by atoms with Gasteiger partial charge < -0.3 is 4.74 Å². The first-order valence-corrected chi connectivity index (χ1v) is 6.69. The van der Waals surface area contributed by atoms with Crippen molar-refractivity contribution in [1.29, 1.82) is 0 Å². The second-order valence-electron chi connectivity index (χ2n) is 4.79. The van der Waals surface area contributed by atoms with Crippen molar-refractivity contribution in [2.45, 2.75) is 24.9 Å². The lowest BCUT2D eigenvalue weighted by molar-refractivity contribution is -0.137. The van der Waals surface area contributed by atoms with Gasteiger partial charge in [-0.25, -0.2) is 4.98 Å². The van der Waals surface area contributed by atoms with Crippen LogP contribution in [-0.4, -0.2) is 9.97 Å². The summed E-state index contributed by atoms with van der Waals surface area (Å²) < 4.78 is 43.3. The second-order valence-corrected chi connectivity index (χ2v) is 5.18. The van der Waals surface area contributed by atoms with Crippen LogP contribution in [0, 0.1) is 0 Å². The van der Waals surface area contributed by atoms with Crippen LogP contribution >= 0.6 is 11.6 Å². The summed E-state index contributed by atoms with van der Waals surface area (Å²) in [6, 6.07) is 6.00. The number of alkyl halides is 3. The molecule has 1 heterocycles. The molecule has 0 N–H and O–H groups in total. The van der Waals surface area contributed by atoms with Gasteiger partial charge in [0.1, 0.15) is 16.7 Å². The van der Waals surface area contributed by atoms with E-state index in [-0.39, 0.29) is 22.7 Å². The van der Waals surface area contributed by atoms with Gasteiger partial charge >= 0.3 is 6.18 Å². The molecule has 0 radical (unpaired) electrons. The minimum atomic E-state index is -4.41. The van der Waals surface area contributed by atoms with Gasteiger partial charge in [0.15, 0.2) is 0 Å². The Hall–Kier alpha value is -1.82. The smallest absolute Gasteiger partial charge is 0.416 e. The van der Waals surface area contributed by atoms with Crippen LogP contribution in [-0.2, 0) is 6.18 Å². The lowest BCUT2D eigenvalue weighted by Crippen LogP contribution is -2.04. The van der Waals surface area contributed by atoms with Gasteiger partial charge in [-0.05, 0) is 31.0 Å². The summed E-state index contributed by atoms with van der Waals surface area (Å²) in [6.07, 6.45) is -2.44. The molecule has 110 valence electrons. The zero-order chi connectivity index (χ0) is 15.0. The quantitative estimate of drug-likeness (QED) is 0.762. The molecule has 1 saturated carbocycles. The Bertz CT molecular complexity index is 672. The van der Waals surface area contributed by atoms with Crippen LogP contribution < -0.4 is 4.74 Å². The maximum absolute atomic E-state index is 12.6. The van der Waals surface area contributed by atoms with Crippen molar-refractivity contribution in [3.05, 3.63) is 46.9 Å². The first kappa shape index (κ1) is 14.1. The van der Waals surface area contributed by atoms with Gasteiger partial charge in [-0.15, -0.1) is 0 Å². The number of ether oxygens (including phenoxy) is 1. The van der Waals surface area contributed by atoms with Gasteiger partial charge in [0.25, 0.3) is 0 Å².